The molecule has 4 aromatic carbocycles. The van der Waals surface area contributed by atoms with E-state index in [0.717, 1.165) is 32.8 Å². The van der Waals surface area contributed by atoms with Gasteiger partial charge in [-0.3, -0.25) is 9.59 Å². The molecule has 0 aliphatic heterocycles. The maximum Gasteiger partial charge on any atom is 0.328 e. The number of hydrogen-bond acceptors (Lipinski definition) is 4. The minimum absolute atomic E-state index is 0.243. The van der Waals surface area contributed by atoms with E-state index in [0.29, 0.717) is 11.3 Å². The van der Waals surface area contributed by atoms with Crippen molar-refractivity contribution < 1.29 is 19.1 Å². The Morgan fingerprint density at radius 1 is 0.868 bits per heavy atom. The molecule has 3 N–H and O–H groups in total. The summed E-state index contributed by atoms with van der Waals surface area (Å²) >= 11 is 0. The third-order valence-electron chi connectivity index (χ3n) is 6.57. The highest BCUT2D eigenvalue weighted by molar-refractivity contribution is 6.10. The highest BCUT2D eigenvalue weighted by Gasteiger charge is 2.25. The number of methoxy groups -OCH3 is 1. The van der Waals surface area contributed by atoms with Crippen molar-refractivity contribution in [2.75, 3.05) is 12.4 Å². The zero-order valence-electron chi connectivity index (χ0n) is 21.1. The van der Waals surface area contributed by atoms with Crippen LogP contribution in [0.5, 0.6) is 0 Å². The summed E-state index contributed by atoms with van der Waals surface area (Å²) < 4.78 is 4.99. The van der Waals surface area contributed by atoms with Crippen molar-refractivity contribution in [3.05, 3.63) is 113 Å². The largest absolute Gasteiger partial charge is 0.467 e. The van der Waals surface area contributed by atoms with E-state index in [4.69, 9.17) is 4.74 Å². The second kappa shape index (κ2) is 10.6. The first kappa shape index (κ1) is 24.8. The summed E-state index contributed by atoms with van der Waals surface area (Å²) in [5, 5.41) is 8.62. The first-order valence-corrected chi connectivity index (χ1v) is 12.3. The van der Waals surface area contributed by atoms with E-state index in [9.17, 15) is 14.4 Å². The number of carbonyl (C=O) groups is 3. The van der Waals surface area contributed by atoms with Crippen LogP contribution in [0.3, 0.4) is 0 Å². The lowest BCUT2D eigenvalue weighted by Crippen LogP contribution is -2.43. The van der Waals surface area contributed by atoms with Crippen LogP contribution in [0.2, 0.25) is 0 Å². The summed E-state index contributed by atoms with van der Waals surface area (Å²) in [6, 6.07) is 25.3. The summed E-state index contributed by atoms with van der Waals surface area (Å²) in [6.45, 7) is 1.86. The van der Waals surface area contributed by atoms with Gasteiger partial charge in [-0.2, -0.15) is 0 Å². The van der Waals surface area contributed by atoms with Gasteiger partial charge in [0.1, 0.15) is 6.04 Å². The summed E-state index contributed by atoms with van der Waals surface area (Å²) in [6.07, 6.45) is 2.07. The van der Waals surface area contributed by atoms with E-state index in [1.54, 1.807) is 18.2 Å². The molecule has 1 heterocycles. The Labute approximate surface area is 219 Å². The molecule has 1 atom stereocenters. The average Bonchev–Trinajstić information content (AvgIpc) is 3.35. The molecule has 7 heteroatoms. The van der Waals surface area contributed by atoms with E-state index in [1.807, 2.05) is 79.9 Å². The van der Waals surface area contributed by atoms with Gasteiger partial charge in [0.25, 0.3) is 11.8 Å². The lowest BCUT2D eigenvalue weighted by molar-refractivity contribution is -0.142. The van der Waals surface area contributed by atoms with Gasteiger partial charge in [-0.25, -0.2) is 4.79 Å². The van der Waals surface area contributed by atoms with Crippen LogP contribution >= 0.6 is 0 Å². The lowest BCUT2D eigenvalue weighted by Gasteiger charge is -2.18. The number of esters is 1. The number of hydrogen-bond donors (Lipinski definition) is 3. The van der Waals surface area contributed by atoms with Crippen molar-refractivity contribution in [1.29, 1.82) is 0 Å². The number of ether oxygens (including phenoxy) is 1. The smallest absolute Gasteiger partial charge is 0.328 e. The lowest BCUT2D eigenvalue weighted by atomic mass is 10.0. The molecule has 0 aliphatic carbocycles. The Bertz CT molecular complexity index is 1670. The Hall–Kier alpha value is -4.91. The number of nitrogens with one attached hydrogen (secondary N) is 3. The van der Waals surface area contributed by atoms with Crippen LogP contribution < -0.4 is 10.6 Å². The molecule has 0 radical (unpaired) electrons. The molecule has 2 amide bonds. The van der Waals surface area contributed by atoms with Crippen molar-refractivity contribution in [2.24, 2.45) is 0 Å². The zero-order valence-corrected chi connectivity index (χ0v) is 21.1. The van der Waals surface area contributed by atoms with Crippen molar-refractivity contribution in [1.82, 2.24) is 10.3 Å². The van der Waals surface area contributed by atoms with Gasteiger partial charge >= 0.3 is 5.97 Å². The fourth-order valence-electron chi connectivity index (χ4n) is 4.57. The molecule has 0 saturated heterocycles. The Morgan fingerprint density at radius 3 is 2.45 bits per heavy atom. The molecule has 0 spiro atoms. The second-order valence-corrected chi connectivity index (χ2v) is 9.18. The third-order valence-corrected chi connectivity index (χ3v) is 6.57. The normalized spacial score (nSPS) is 11.7. The molecule has 38 heavy (non-hydrogen) atoms. The molecule has 7 nitrogen and oxygen atoms in total. The quantitative estimate of drug-likeness (QED) is 0.258. The summed E-state index contributed by atoms with van der Waals surface area (Å²) in [4.78, 5) is 42.4. The molecule has 0 bridgehead atoms. The van der Waals surface area contributed by atoms with Gasteiger partial charge in [-0.1, -0.05) is 60.2 Å². The van der Waals surface area contributed by atoms with Gasteiger partial charge in [0.05, 0.1) is 18.4 Å². The van der Waals surface area contributed by atoms with E-state index in [1.165, 1.54) is 7.11 Å². The van der Waals surface area contributed by atoms with E-state index < -0.39 is 17.9 Å². The van der Waals surface area contributed by atoms with Crippen LogP contribution in [-0.2, 0) is 16.0 Å². The van der Waals surface area contributed by atoms with Gasteiger partial charge < -0.3 is 20.4 Å². The number of aromatic amines is 1. The van der Waals surface area contributed by atoms with Crippen molar-refractivity contribution in [2.45, 2.75) is 19.4 Å². The first-order chi connectivity index (χ1) is 18.4. The number of aromatic nitrogens is 1. The Morgan fingerprint density at radius 2 is 1.63 bits per heavy atom. The molecular formula is C31H27N3O4. The van der Waals surface area contributed by atoms with Crippen LogP contribution in [0.4, 0.5) is 5.69 Å². The number of fused-ring (bicyclic) bond motifs is 2. The van der Waals surface area contributed by atoms with Crippen LogP contribution in [0.1, 0.15) is 31.8 Å². The van der Waals surface area contributed by atoms with E-state index in [2.05, 4.69) is 15.6 Å². The van der Waals surface area contributed by atoms with Crippen LogP contribution in [-0.4, -0.2) is 35.9 Å². The highest BCUT2D eigenvalue weighted by Crippen LogP contribution is 2.23. The van der Waals surface area contributed by atoms with Gasteiger partial charge in [0.2, 0.25) is 0 Å². The molecule has 5 aromatic rings. The molecule has 0 fully saturated rings. The van der Waals surface area contributed by atoms with Gasteiger partial charge in [0, 0.05) is 29.1 Å². The maximum atomic E-state index is 13.5. The second-order valence-electron chi connectivity index (χ2n) is 9.18. The molecule has 0 saturated carbocycles. The van der Waals surface area contributed by atoms with Gasteiger partial charge in [0.15, 0.2) is 0 Å². The first-order valence-electron chi connectivity index (χ1n) is 12.3. The standard InChI is InChI=1S/C31H27N3O4/c1-19-11-14-27(33-29(35)22-13-12-20-7-3-4-8-21(20)16-22)25(15-19)30(36)34-28(31(37)38-2)17-23-18-32-26-10-6-5-9-24(23)26/h3-16,18,28,32H,17H2,1-2H3,(H,33,35)(H,34,36)/t28-/m0/s1. The molecule has 1 aromatic heterocycles. The molecular weight excluding hydrogens is 478 g/mol. The SMILES string of the molecule is COC(=O)[C@H](Cc1c[nH]c2ccccc12)NC(=O)c1cc(C)ccc1NC(=O)c1ccc2ccccc2c1. The van der Waals surface area contributed by atoms with Gasteiger partial charge in [-0.05, 0) is 53.6 Å². The Balaban J connectivity index is 1.39. The third kappa shape index (κ3) is 5.13. The topological polar surface area (TPSA) is 100 Å². The summed E-state index contributed by atoms with van der Waals surface area (Å²) in [7, 11) is 1.29. The number of para-hydroxylation sites is 1. The molecule has 0 unspecified atom stereocenters. The fourth-order valence-corrected chi connectivity index (χ4v) is 4.57. The van der Waals surface area contributed by atoms with Crippen molar-refractivity contribution in [3.63, 3.8) is 0 Å². The number of rotatable bonds is 7. The number of benzene rings is 4. The van der Waals surface area contributed by atoms with Crippen molar-refractivity contribution >= 4 is 45.1 Å². The van der Waals surface area contributed by atoms with Crippen molar-refractivity contribution in [3.8, 4) is 0 Å². The maximum absolute atomic E-state index is 13.5. The summed E-state index contributed by atoms with van der Waals surface area (Å²) in [5.74, 6) is -1.38. The average molecular weight is 506 g/mol. The molecule has 0 aliphatic rings. The molecule has 5 rings (SSSR count). The van der Waals surface area contributed by atoms with Crippen LogP contribution in [0.15, 0.2) is 91.1 Å². The number of amides is 2. The number of H-pyrrole nitrogens is 1. The number of anilines is 1. The van der Waals surface area contributed by atoms with E-state index >= 15 is 0 Å². The van der Waals surface area contributed by atoms with Crippen LogP contribution in [0.25, 0.3) is 21.7 Å². The zero-order chi connectivity index (χ0) is 26.6. The monoisotopic (exact) mass is 505 g/mol. The predicted molar refractivity (Wildman–Crippen MR) is 148 cm³/mol. The Kier molecular flexibility index (Phi) is 6.91. The predicted octanol–water partition coefficient (Wildman–Crippen LogP) is 5.40. The van der Waals surface area contributed by atoms with E-state index in [-0.39, 0.29) is 17.9 Å². The minimum Gasteiger partial charge on any atom is -0.467 e. The van der Waals surface area contributed by atoms with Crippen LogP contribution in [0, 0.1) is 6.92 Å². The van der Waals surface area contributed by atoms with Gasteiger partial charge in [-0.15, -0.1) is 0 Å². The highest BCUT2D eigenvalue weighted by atomic mass is 16.5. The fraction of sp³-hybridized carbons (Fsp3) is 0.129. The summed E-state index contributed by atoms with van der Waals surface area (Å²) in [5.41, 5.74) is 3.74. The number of carbonyl (C=O) groups excluding carboxylic acids is 3. The minimum atomic E-state index is -0.920. The molecule has 190 valence electrons. The number of aryl methyl sites for hydroxylation is 1.